The first-order valence-corrected chi connectivity index (χ1v) is 7.27. The van der Waals surface area contributed by atoms with Gasteiger partial charge in [0.05, 0.1) is 5.92 Å². The van der Waals surface area contributed by atoms with E-state index in [1.54, 1.807) is 11.3 Å². The smallest absolute Gasteiger partial charge is 0.231 e. The van der Waals surface area contributed by atoms with Crippen LogP contribution in [0.25, 0.3) is 0 Å². The molecule has 1 saturated carbocycles. The Kier molecular flexibility index (Phi) is 3.16. The number of piperazine rings is 1. The van der Waals surface area contributed by atoms with Crippen molar-refractivity contribution in [2.45, 2.75) is 18.8 Å². The number of nitrogens with one attached hydrogen (secondary N) is 1. The summed E-state index contributed by atoms with van der Waals surface area (Å²) >= 11 is 1.73. The van der Waals surface area contributed by atoms with Crippen molar-refractivity contribution < 1.29 is 4.79 Å². The molecule has 1 atom stereocenters. The van der Waals surface area contributed by atoms with Gasteiger partial charge in [-0.05, 0) is 30.2 Å². The minimum Gasteiger partial charge on any atom is -0.340 e. The second-order valence-corrected chi connectivity index (χ2v) is 5.89. The zero-order chi connectivity index (χ0) is 11.7. The first-order valence-electron chi connectivity index (χ1n) is 6.39. The third kappa shape index (κ3) is 2.38. The molecule has 1 saturated heterocycles. The second kappa shape index (κ2) is 4.78. The molecule has 1 aliphatic carbocycles. The summed E-state index contributed by atoms with van der Waals surface area (Å²) in [4.78, 5) is 15.9. The largest absolute Gasteiger partial charge is 0.340 e. The van der Waals surface area contributed by atoms with Gasteiger partial charge >= 0.3 is 0 Å². The van der Waals surface area contributed by atoms with Crippen molar-refractivity contribution in [1.29, 1.82) is 0 Å². The van der Waals surface area contributed by atoms with Crippen molar-refractivity contribution in [2.75, 3.05) is 26.2 Å². The maximum Gasteiger partial charge on any atom is 0.231 e. The fraction of sp³-hybridized carbons (Fsp3) is 0.615. The van der Waals surface area contributed by atoms with Gasteiger partial charge in [0.2, 0.25) is 5.91 Å². The highest BCUT2D eigenvalue weighted by atomic mass is 32.1. The minimum atomic E-state index is 0.146. The molecule has 0 spiro atoms. The average molecular weight is 250 g/mol. The van der Waals surface area contributed by atoms with Crippen molar-refractivity contribution >= 4 is 17.2 Å². The van der Waals surface area contributed by atoms with Crippen molar-refractivity contribution in [3.63, 3.8) is 0 Å². The van der Waals surface area contributed by atoms with Crippen LogP contribution in [0.4, 0.5) is 0 Å². The number of thiophene rings is 1. The summed E-state index contributed by atoms with van der Waals surface area (Å²) in [6.45, 7) is 3.61. The molecule has 1 N–H and O–H groups in total. The summed E-state index contributed by atoms with van der Waals surface area (Å²) in [5.74, 6) is 1.11. The van der Waals surface area contributed by atoms with Gasteiger partial charge in [-0.2, -0.15) is 0 Å². The number of hydrogen-bond acceptors (Lipinski definition) is 3. The van der Waals surface area contributed by atoms with Crippen LogP contribution in [-0.2, 0) is 4.79 Å². The molecule has 1 aromatic rings. The second-order valence-electron chi connectivity index (χ2n) is 4.91. The predicted molar refractivity (Wildman–Crippen MR) is 69.2 cm³/mol. The third-order valence-corrected chi connectivity index (χ3v) is 4.59. The lowest BCUT2D eigenvalue weighted by Gasteiger charge is -2.30. The van der Waals surface area contributed by atoms with Crippen molar-refractivity contribution in [3.8, 4) is 0 Å². The van der Waals surface area contributed by atoms with Crippen LogP contribution in [0.15, 0.2) is 17.5 Å². The average Bonchev–Trinajstić information content (AvgIpc) is 3.05. The number of amides is 1. The van der Waals surface area contributed by atoms with Crippen LogP contribution in [0, 0.1) is 5.92 Å². The Morgan fingerprint density at radius 1 is 1.41 bits per heavy atom. The van der Waals surface area contributed by atoms with Crippen LogP contribution in [-0.4, -0.2) is 37.0 Å². The van der Waals surface area contributed by atoms with Gasteiger partial charge in [0.1, 0.15) is 0 Å². The standard InChI is InChI=1S/C13H18N2OS/c16-13(15-7-5-14-6-8-15)12(10-3-4-10)11-2-1-9-17-11/h1-2,9-10,12,14H,3-8H2. The molecule has 2 fully saturated rings. The van der Waals surface area contributed by atoms with Gasteiger partial charge in [0.25, 0.3) is 0 Å². The van der Waals surface area contributed by atoms with E-state index < -0.39 is 0 Å². The van der Waals surface area contributed by atoms with E-state index in [0.29, 0.717) is 11.8 Å². The number of nitrogens with zero attached hydrogens (tertiary/aromatic N) is 1. The molecule has 2 heterocycles. The van der Waals surface area contributed by atoms with Crippen LogP contribution in [0.5, 0.6) is 0 Å². The molecule has 92 valence electrons. The van der Waals surface area contributed by atoms with Crippen LogP contribution in [0.3, 0.4) is 0 Å². The van der Waals surface area contributed by atoms with Gasteiger partial charge in [0, 0.05) is 31.1 Å². The lowest BCUT2D eigenvalue weighted by Crippen LogP contribution is -2.48. The van der Waals surface area contributed by atoms with Gasteiger partial charge in [-0.3, -0.25) is 4.79 Å². The molecule has 0 bridgehead atoms. The maximum absolute atomic E-state index is 12.6. The summed E-state index contributed by atoms with van der Waals surface area (Å²) < 4.78 is 0. The van der Waals surface area contributed by atoms with Crippen molar-refractivity contribution in [2.24, 2.45) is 5.92 Å². The molecular weight excluding hydrogens is 232 g/mol. The van der Waals surface area contributed by atoms with Gasteiger partial charge in [-0.15, -0.1) is 11.3 Å². The first-order chi connectivity index (χ1) is 8.36. The molecule has 0 radical (unpaired) electrons. The van der Waals surface area contributed by atoms with Gasteiger partial charge in [0.15, 0.2) is 0 Å². The summed E-state index contributed by atoms with van der Waals surface area (Å²) in [7, 11) is 0. The van der Waals surface area contributed by atoms with Gasteiger partial charge in [-0.25, -0.2) is 0 Å². The van der Waals surface area contributed by atoms with Crippen LogP contribution in [0.1, 0.15) is 23.6 Å². The quantitative estimate of drug-likeness (QED) is 0.885. The molecule has 1 amide bonds. The number of carbonyl (C=O) groups is 1. The highest BCUT2D eigenvalue weighted by Crippen LogP contribution is 2.44. The van der Waals surface area contributed by atoms with E-state index in [1.807, 2.05) is 4.90 Å². The Balaban J connectivity index is 1.76. The Morgan fingerprint density at radius 2 is 2.18 bits per heavy atom. The zero-order valence-corrected chi connectivity index (χ0v) is 10.7. The minimum absolute atomic E-state index is 0.146. The SMILES string of the molecule is O=C(C(c1cccs1)C1CC1)N1CCNCC1. The third-order valence-electron chi connectivity index (χ3n) is 3.64. The topological polar surface area (TPSA) is 32.3 Å². The lowest BCUT2D eigenvalue weighted by molar-refractivity contribution is -0.133. The molecule has 3 rings (SSSR count). The van der Waals surface area contributed by atoms with Crippen LogP contribution in [0.2, 0.25) is 0 Å². The van der Waals surface area contributed by atoms with E-state index >= 15 is 0 Å². The Bertz CT molecular complexity index is 380. The van der Waals surface area contributed by atoms with Crippen molar-refractivity contribution in [1.82, 2.24) is 10.2 Å². The fourth-order valence-corrected chi connectivity index (χ4v) is 3.45. The molecule has 17 heavy (non-hydrogen) atoms. The zero-order valence-electron chi connectivity index (χ0n) is 9.89. The van der Waals surface area contributed by atoms with E-state index in [-0.39, 0.29) is 5.92 Å². The van der Waals surface area contributed by atoms with E-state index in [1.165, 1.54) is 17.7 Å². The number of hydrogen-bond donors (Lipinski definition) is 1. The summed E-state index contributed by atoms with van der Waals surface area (Å²) in [5.41, 5.74) is 0. The highest BCUT2D eigenvalue weighted by molar-refractivity contribution is 7.10. The first kappa shape index (κ1) is 11.2. The molecular formula is C13H18N2OS. The number of rotatable bonds is 3. The maximum atomic E-state index is 12.6. The Hall–Kier alpha value is -0.870. The van der Waals surface area contributed by atoms with Gasteiger partial charge < -0.3 is 10.2 Å². The molecule has 2 aliphatic rings. The van der Waals surface area contributed by atoms with Crippen LogP contribution < -0.4 is 5.32 Å². The number of carbonyl (C=O) groups excluding carboxylic acids is 1. The predicted octanol–water partition coefficient (Wildman–Crippen LogP) is 1.67. The van der Waals surface area contributed by atoms with Crippen LogP contribution >= 0.6 is 11.3 Å². The molecule has 1 aliphatic heterocycles. The molecule has 1 aromatic heterocycles. The fourth-order valence-electron chi connectivity index (χ4n) is 2.54. The molecule has 0 aromatic carbocycles. The normalized spacial score (nSPS) is 22.5. The van der Waals surface area contributed by atoms with E-state index in [0.717, 1.165) is 26.2 Å². The van der Waals surface area contributed by atoms with Crippen molar-refractivity contribution in [3.05, 3.63) is 22.4 Å². The molecule has 1 unspecified atom stereocenters. The van der Waals surface area contributed by atoms with E-state index in [2.05, 4.69) is 22.8 Å². The monoisotopic (exact) mass is 250 g/mol. The lowest BCUT2D eigenvalue weighted by atomic mass is 9.99. The Morgan fingerprint density at radius 3 is 2.76 bits per heavy atom. The van der Waals surface area contributed by atoms with E-state index in [9.17, 15) is 4.79 Å². The highest BCUT2D eigenvalue weighted by Gasteiger charge is 2.39. The summed E-state index contributed by atoms with van der Waals surface area (Å²) in [6, 6.07) is 4.17. The Labute approximate surface area is 106 Å². The summed E-state index contributed by atoms with van der Waals surface area (Å²) in [5, 5.41) is 5.38. The molecule has 3 nitrogen and oxygen atoms in total. The van der Waals surface area contributed by atoms with Gasteiger partial charge in [-0.1, -0.05) is 6.07 Å². The summed E-state index contributed by atoms with van der Waals surface area (Å²) in [6.07, 6.45) is 2.45. The van der Waals surface area contributed by atoms with E-state index in [4.69, 9.17) is 0 Å². The molecule has 4 heteroatoms.